The van der Waals surface area contributed by atoms with Crippen LogP contribution in [-0.2, 0) is 24.1 Å². The van der Waals surface area contributed by atoms with Gasteiger partial charge in [0, 0.05) is 96.9 Å². The van der Waals surface area contributed by atoms with Crippen molar-refractivity contribution >= 4 is 28.4 Å². The van der Waals surface area contributed by atoms with Gasteiger partial charge in [0.25, 0.3) is 0 Å². The Morgan fingerprint density at radius 3 is 2.49 bits per heavy atom. The minimum absolute atomic E-state index is 0.0632. The molecule has 2 aromatic carbocycles. The third-order valence-corrected chi connectivity index (χ3v) is 13.9. The number of hydrogen-bond acceptors (Lipinski definition) is 9. The summed E-state index contributed by atoms with van der Waals surface area (Å²) in [5.41, 5.74) is 24.0. The maximum atomic E-state index is 5.85. The fraction of sp³-hybridized carbons (Fsp3) is 0.509. The lowest BCUT2D eigenvalue weighted by atomic mass is 9.83. The molecule has 4 heterocycles. The van der Waals surface area contributed by atoms with Crippen LogP contribution in [0.15, 0.2) is 104 Å². The van der Waals surface area contributed by atoms with Gasteiger partial charge in [-0.2, -0.15) is 0 Å². The van der Waals surface area contributed by atoms with E-state index < -0.39 is 0 Å². The molecule has 0 aliphatic carbocycles. The molecule has 0 amide bonds. The quantitative estimate of drug-likeness (QED) is 0.0448. The van der Waals surface area contributed by atoms with Gasteiger partial charge in [-0.05, 0) is 85.8 Å². The summed E-state index contributed by atoms with van der Waals surface area (Å²) in [6.07, 6.45) is 10.1. The Morgan fingerprint density at radius 1 is 1.08 bits per heavy atom. The van der Waals surface area contributed by atoms with E-state index in [2.05, 4.69) is 159 Å². The largest absolute Gasteiger partial charge is 0.501 e. The number of hydrogen-bond donors (Lipinski definition) is 4. The standard InChI is InChI=1S/C53H78N8OS/c1-14-60-49-21-20-42(29-46(49)47(30-53(11,12)33-62-15-2)52(60)45-19-18-22-55-50(45)35(3)4)43-26-37(7)25-41(27-43)28-48(40(10)61-24-17-16-23-56-61)57-38(8)51(36(5)6)58(13)39(9)44-31-59(32-44)63-34-54/h15,18-21,25-27,29,35-36,44,48,51,55-57H,2,8-10,14,16-17,22-24,28,30-34,54H2,1,3-7,11-13H3. The summed E-state index contributed by atoms with van der Waals surface area (Å²) >= 11 is 1.70. The van der Waals surface area contributed by atoms with Crippen LogP contribution in [0.2, 0.25) is 0 Å². The molecule has 2 unspecified atom stereocenters. The van der Waals surface area contributed by atoms with Crippen LogP contribution >= 0.6 is 11.9 Å². The van der Waals surface area contributed by atoms with E-state index in [-0.39, 0.29) is 17.5 Å². The molecule has 9 nitrogen and oxygen atoms in total. The van der Waals surface area contributed by atoms with Crippen molar-refractivity contribution < 1.29 is 4.74 Å². The average molecular weight is 875 g/mol. The van der Waals surface area contributed by atoms with Gasteiger partial charge in [0.1, 0.15) is 0 Å². The maximum absolute atomic E-state index is 5.85. The molecule has 3 aliphatic rings. The van der Waals surface area contributed by atoms with Crippen molar-refractivity contribution in [1.29, 1.82) is 0 Å². The van der Waals surface area contributed by atoms with Crippen molar-refractivity contribution in [3.8, 4) is 11.1 Å². The number of aryl methyl sites for hydroxylation is 2. The van der Waals surface area contributed by atoms with Crippen molar-refractivity contribution in [3.63, 3.8) is 0 Å². The molecule has 63 heavy (non-hydrogen) atoms. The molecule has 2 saturated heterocycles. The molecule has 6 rings (SSSR count). The zero-order valence-electron chi connectivity index (χ0n) is 40.1. The van der Waals surface area contributed by atoms with Gasteiger partial charge in [0.2, 0.25) is 0 Å². The SMILES string of the molecule is C=COCC(C)(C)Cc1c(C2=C(C(C)C)NCC=C2)n(CC)c2ccc(-c3cc(C)cc(CC(NC(=C)C(C(C)C)N(C)C(=C)C4CN(SCN)C4)C(=C)N4CCCCN4)c3)cc12. The fourth-order valence-electron chi connectivity index (χ4n) is 9.96. The third kappa shape index (κ3) is 11.1. The molecule has 0 radical (unpaired) electrons. The molecule has 0 bridgehead atoms. The first kappa shape index (κ1) is 48.1. The van der Waals surface area contributed by atoms with Gasteiger partial charge >= 0.3 is 0 Å². The first-order valence-electron chi connectivity index (χ1n) is 23.4. The molecule has 2 fully saturated rings. The highest BCUT2D eigenvalue weighted by molar-refractivity contribution is 7.97. The molecule has 5 N–H and O–H groups in total. The van der Waals surface area contributed by atoms with Gasteiger partial charge < -0.3 is 35.6 Å². The number of ether oxygens (including phenoxy) is 1. The lowest BCUT2D eigenvalue weighted by molar-refractivity contribution is 0.138. The van der Waals surface area contributed by atoms with Crippen molar-refractivity contribution in [2.24, 2.45) is 28.9 Å². The number of dihydropyridines is 1. The highest BCUT2D eigenvalue weighted by Gasteiger charge is 2.35. The lowest BCUT2D eigenvalue weighted by Gasteiger charge is -2.45. The van der Waals surface area contributed by atoms with Crippen LogP contribution < -0.4 is 21.8 Å². The number of aromatic nitrogens is 1. The highest BCUT2D eigenvalue weighted by atomic mass is 32.2. The van der Waals surface area contributed by atoms with E-state index in [0.717, 1.165) is 75.6 Å². The lowest BCUT2D eigenvalue weighted by Crippen LogP contribution is -2.52. The summed E-state index contributed by atoms with van der Waals surface area (Å²) in [4.78, 5) is 2.36. The molecule has 342 valence electrons. The minimum atomic E-state index is -0.122. The Hall–Kier alpha value is -4.35. The van der Waals surface area contributed by atoms with Crippen molar-refractivity contribution in [2.75, 3.05) is 52.3 Å². The second-order valence-electron chi connectivity index (χ2n) is 19.4. The van der Waals surface area contributed by atoms with Crippen LogP contribution in [-0.4, -0.2) is 83.1 Å². The van der Waals surface area contributed by atoms with Crippen LogP contribution in [0, 0.1) is 30.1 Å². The number of hydrazine groups is 1. The van der Waals surface area contributed by atoms with Gasteiger partial charge in [0.15, 0.2) is 0 Å². The first-order valence-corrected chi connectivity index (χ1v) is 24.3. The Kier molecular flexibility index (Phi) is 16.1. The van der Waals surface area contributed by atoms with Gasteiger partial charge in [-0.25, -0.2) is 9.73 Å². The molecule has 3 aliphatic heterocycles. The summed E-state index contributed by atoms with van der Waals surface area (Å²) in [6, 6.07) is 14.2. The first-order chi connectivity index (χ1) is 30.1. The van der Waals surface area contributed by atoms with Crippen LogP contribution in [0.5, 0.6) is 0 Å². The molecule has 0 spiro atoms. The van der Waals surface area contributed by atoms with E-state index in [1.165, 1.54) is 62.1 Å². The predicted molar refractivity (Wildman–Crippen MR) is 270 cm³/mol. The van der Waals surface area contributed by atoms with Crippen molar-refractivity contribution in [2.45, 2.75) is 99.7 Å². The van der Waals surface area contributed by atoms with E-state index in [1.807, 2.05) is 0 Å². The number of nitrogens with one attached hydrogen (secondary N) is 3. The monoisotopic (exact) mass is 875 g/mol. The van der Waals surface area contributed by atoms with E-state index in [1.54, 1.807) is 18.2 Å². The smallest absolute Gasteiger partial charge is 0.0927 e. The maximum Gasteiger partial charge on any atom is 0.0927 e. The van der Waals surface area contributed by atoms with Gasteiger partial charge in [-0.15, -0.1) is 0 Å². The average Bonchev–Trinajstić information content (AvgIpc) is 3.54. The number of likely N-dealkylation sites (N-methyl/N-ethyl adjacent to an activating group) is 1. The van der Waals surface area contributed by atoms with Gasteiger partial charge in [-0.1, -0.05) is 122 Å². The van der Waals surface area contributed by atoms with Crippen molar-refractivity contribution in [3.05, 3.63) is 126 Å². The number of rotatable bonds is 22. The van der Waals surface area contributed by atoms with E-state index in [0.29, 0.717) is 30.2 Å². The fourth-order valence-corrected chi connectivity index (χ4v) is 10.7. The topological polar surface area (TPSA) is 86.0 Å². The minimum Gasteiger partial charge on any atom is -0.501 e. The number of nitrogens with zero attached hydrogens (tertiary/aromatic N) is 4. The van der Waals surface area contributed by atoms with Crippen molar-refractivity contribution in [1.82, 2.24) is 34.8 Å². The molecular formula is C53H78N8OS. The summed E-state index contributed by atoms with van der Waals surface area (Å²) in [6.45, 7) is 42.3. The van der Waals surface area contributed by atoms with Crippen LogP contribution in [0.25, 0.3) is 27.6 Å². The number of benzene rings is 2. The second-order valence-corrected chi connectivity index (χ2v) is 20.5. The zero-order chi connectivity index (χ0) is 45.6. The Morgan fingerprint density at radius 2 is 1.84 bits per heavy atom. The van der Waals surface area contributed by atoms with Crippen LogP contribution in [0.4, 0.5) is 0 Å². The number of fused-ring (bicyclic) bond motifs is 1. The van der Waals surface area contributed by atoms with E-state index in [9.17, 15) is 0 Å². The highest BCUT2D eigenvalue weighted by Crippen LogP contribution is 2.41. The molecule has 3 aromatic rings. The summed E-state index contributed by atoms with van der Waals surface area (Å²) in [5, 5.41) is 11.3. The van der Waals surface area contributed by atoms with E-state index in [4.69, 9.17) is 23.6 Å². The molecule has 1 aromatic heterocycles. The molecular weight excluding hydrogens is 797 g/mol. The second kappa shape index (κ2) is 21.1. The summed E-state index contributed by atoms with van der Waals surface area (Å²) in [5.74, 6) is 1.70. The summed E-state index contributed by atoms with van der Waals surface area (Å²) in [7, 11) is 2.18. The van der Waals surface area contributed by atoms with Crippen LogP contribution in [0.3, 0.4) is 0 Å². The third-order valence-electron chi connectivity index (χ3n) is 13.1. The van der Waals surface area contributed by atoms with Gasteiger partial charge in [0.05, 0.1) is 36.5 Å². The van der Waals surface area contributed by atoms with E-state index >= 15 is 0 Å². The Bertz CT molecular complexity index is 2180. The van der Waals surface area contributed by atoms with Crippen LogP contribution in [0.1, 0.15) is 83.7 Å². The Balaban J connectivity index is 1.37. The molecule has 2 atom stereocenters. The predicted octanol–water partition coefficient (Wildman–Crippen LogP) is 9.99. The number of nitrogens with two attached hydrogens (primary N) is 1. The normalized spacial score (nSPS) is 17.2. The Labute approximate surface area is 384 Å². The molecule has 0 saturated carbocycles. The zero-order valence-corrected chi connectivity index (χ0v) is 40.9. The molecule has 10 heteroatoms. The summed E-state index contributed by atoms with van der Waals surface area (Å²) < 4.78 is 10.7. The van der Waals surface area contributed by atoms with Gasteiger partial charge in [-0.3, -0.25) is 0 Å². The number of allylic oxidation sites excluding steroid dienone is 3.